The fraction of sp³-hybridized carbons (Fsp3) is 0.0556. The summed E-state index contributed by atoms with van der Waals surface area (Å²) in [7, 11) is 0. The Morgan fingerprint density at radius 1 is 1.04 bits per heavy atom. The summed E-state index contributed by atoms with van der Waals surface area (Å²) in [6, 6.07) is 16.9. The number of rotatable bonds is 3. The monoisotopic (exact) mass is 304 g/mol. The molecule has 5 heteroatoms. The highest BCUT2D eigenvalue weighted by Gasteiger charge is 2.12. The van der Waals surface area contributed by atoms with Gasteiger partial charge in [-0.05, 0) is 24.3 Å². The molecule has 0 saturated heterocycles. The van der Waals surface area contributed by atoms with Crippen molar-refractivity contribution in [2.45, 2.75) is 6.61 Å². The Morgan fingerprint density at radius 3 is 2.70 bits per heavy atom. The normalized spacial score (nSPS) is 11.0. The Balaban J connectivity index is 1.52. The van der Waals surface area contributed by atoms with Crippen molar-refractivity contribution in [1.82, 2.24) is 9.97 Å². The van der Waals surface area contributed by atoms with Gasteiger partial charge in [-0.3, -0.25) is 4.98 Å². The Morgan fingerprint density at radius 2 is 1.83 bits per heavy atom. The predicted molar refractivity (Wildman–Crippen MR) is 84.9 cm³/mol. The molecule has 4 aromatic rings. The van der Waals surface area contributed by atoms with E-state index >= 15 is 0 Å². The van der Waals surface area contributed by atoms with Gasteiger partial charge in [-0.25, -0.2) is 9.78 Å². The summed E-state index contributed by atoms with van der Waals surface area (Å²) in [5.41, 5.74) is 2.34. The first-order valence-electron chi connectivity index (χ1n) is 7.16. The van der Waals surface area contributed by atoms with E-state index in [2.05, 4.69) is 9.97 Å². The molecular formula is C18H12N2O3. The highest BCUT2D eigenvalue weighted by atomic mass is 16.5. The number of hydrogen-bond acceptors (Lipinski definition) is 5. The number of benzene rings is 2. The van der Waals surface area contributed by atoms with Crippen molar-refractivity contribution in [2.24, 2.45) is 0 Å². The zero-order valence-electron chi connectivity index (χ0n) is 12.1. The summed E-state index contributed by atoms with van der Waals surface area (Å²) in [5.74, 6) is 0.0667. The maximum atomic E-state index is 12.1. The van der Waals surface area contributed by atoms with Gasteiger partial charge in [-0.1, -0.05) is 30.3 Å². The smallest absolute Gasteiger partial charge is 0.359 e. The number of furan rings is 1. The number of carbonyl (C=O) groups is 1. The van der Waals surface area contributed by atoms with E-state index in [1.807, 2.05) is 48.5 Å². The summed E-state index contributed by atoms with van der Waals surface area (Å²) >= 11 is 0. The Bertz CT molecular complexity index is 974. The highest BCUT2D eigenvalue weighted by Crippen LogP contribution is 2.19. The third-order valence-corrected chi connectivity index (χ3v) is 3.48. The van der Waals surface area contributed by atoms with Gasteiger partial charge in [0.2, 0.25) is 0 Å². The summed E-state index contributed by atoms with van der Waals surface area (Å²) < 4.78 is 10.9. The molecule has 2 aromatic carbocycles. The highest BCUT2D eigenvalue weighted by molar-refractivity contribution is 5.89. The maximum Gasteiger partial charge on any atom is 0.359 e. The first-order valence-corrected chi connectivity index (χ1v) is 7.16. The van der Waals surface area contributed by atoms with Crippen molar-refractivity contribution < 1.29 is 13.9 Å². The van der Waals surface area contributed by atoms with Crippen LogP contribution < -0.4 is 0 Å². The number of aromatic nitrogens is 2. The van der Waals surface area contributed by atoms with Crippen LogP contribution in [0.5, 0.6) is 0 Å². The lowest BCUT2D eigenvalue weighted by atomic mass is 10.2. The SMILES string of the molecule is O=C(OCc1cc2ccccc2o1)c1cnc2ccccc2n1. The second-order valence-electron chi connectivity index (χ2n) is 5.07. The summed E-state index contributed by atoms with van der Waals surface area (Å²) in [6.07, 6.45) is 1.42. The molecule has 0 aliphatic heterocycles. The first kappa shape index (κ1) is 13.5. The lowest BCUT2D eigenvalue weighted by Gasteiger charge is -2.03. The zero-order valence-corrected chi connectivity index (χ0v) is 12.1. The Labute approximate surface area is 131 Å². The van der Waals surface area contributed by atoms with E-state index < -0.39 is 5.97 Å². The van der Waals surface area contributed by atoms with E-state index in [1.54, 1.807) is 6.07 Å². The summed E-state index contributed by atoms with van der Waals surface area (Å²) in [4.78, 5) is 20.6. The molecule has 2 heterocycles. The van der Waals surface area contributed by atoms with Gasteiger partial charge in [-0.15, -0.1) is 0 Å². The molecule has 0 radical (unpaired) electrons. The molecule has 0 saturated carbocycles. The fourth-order valence-electron chi connectivity index (χ4n) is 2.37. The molecule has 112 valence electrons. The summed E-state index contributed by atoms with van der Waals surface area (Å²) in [5, 5.41) is 0.976. The van der Waals surface area contributed by atoms with Gasteiger partial charge >= 0.3 is 5.97 Å². The van der Waals surface area contributed by atoms with E-state index in [0.29, 0.717) is 11.3 Å². The molecule has 5 nitrogen and oxygen atoms in total. The third-order valence-electron chi connectivity index (χ3n) is 3.48. The number of carbonyl (C=O) groups excluding carboxylic acids is 1. The zero-order chi connectivity index (χ0) is 15.6. The second-order valence-corrected chi connectivity index (χ2v) is 5.07. The molecule has 23 heavy (non-hydrogen) atoms. The van der Waals surface area contributed by atoms with Crippen molar-refractivity contribution in [2.75, 3.05) is 0 Å². The van der Waals surface area contributed by atoms with Crippen LogP contribution in [-0.4, -0.2) is 15.9 Å². The lowest BCUT2D eigenvalue weighted by molar-refractivity contribution is 0.0440. The van der Waals surface area contributed by atoms with E-state index in [9.17, 15) is 4.79 Å². The topological polar surface area (TPSA) is 65.2 Å². The molecule has 0 amide bonds. The van der Waals surface area contributed by atoms with Gasteiger partial charge in [0, 0.05) is 5.39 Å². The lowest BCUT2D eigenvalue weighted by Crippen LogP contribution is -2.07. The number of fused-ring (bicyclic) bond motifs is 2. The average molecular weight is 304 g/mol. The van der Waals surface area contributed by atoms with E-state index in [1.165, 1.54) is 6.20 Å². The van der Waals surface area contributed by atoms with Crippen LogP contribution in [0.3, 0.4) is 0 Å². The van der Waals surface area contributed by atoms with Crippen molar-refractivity contribution in [1.29, 1.82) is 0 Å². The minimum Gasteiger partial charge on any atom is -0.457 e. The molecule has 4 rings (SSSR count). The van der Waals surface area contributed by atoms with Gasteiger partial charge in [0.05, 0.1) is 17.2 Å². The van der Waals surface area contributed by atoms with Gasteiger partial charge in [0.15, 0.2) is 5.69 Å². The average Bonchev–Trinajstić information content (AvgIpc) is 3.02. The van der Waals surface area contributed by atoms with Crippen LogP contribution in [0.1, 0.15) is 16.2 Å². The van der Waals surface area contributed by atoms with Crippen molar-refractivity contribution in [3.63, 3.8) is 0 Å². The molecule has 0 fully saturated rings. The van der Waals surface area contributed by atoms with Crippen LogP contribution in [0.2, 0.25) is 0 Å². The van der Waals surface area contributed by atoms with Crippen molar-refractivity contribution in [3.05, 3.63) is 72.2 Å². The van der Waals surface area contributed by atoms with Crippen LogP contribution >= 0.6 is 0 Å². The van der Waals surface area contributed by atoms with Crippen LogP contribution in [0.4, 0.5) is 0 Å². The number of ether oxygens (including phenoxy) is 1. The van der Waals surface area contributed by atoms with Crippen molar-refractivity contribution in [3.8, 4) is 0 Å². The largest absolute Gasteiger partial charge is 0.457 e. The molecule has 0 spiro atoms. The quantitative estimate of drug-likeness (QED) is 0.539. The Hall–Kier alpha value is -3.21. The van der Waals surface area contributed by atoms with Gasteiger partial charge in [0.1, 0.15) is 18.0 Å². The van der Waals surface area contributed by atoms with Crippen molar-refractivity contribution >= 4 is 28.0 Å². The number of hydrogen-bond donors (Lipinski definition) is 0. The molecule has 0 bridgehead atoms. The van der Waals surface area contributed by atoms with Crippen LogP contribution in [-0.2, 0) is 11.3 Å². The minimum atomic E-state index is -0.524. The molecule has 2 aromatic heterocycles. The van der Waals surface area contributed by atoms with Gasteiger partial charge in [0.25, 0.3) is 0 Å². The molecule has 0 atom stereocenters. The van der Waals surface area contributed by atoms with E-state index in [0.717, 1.165) is 16.5 Å². The molecular weight excluding hydrogens is 292 g/mol. The second kappa shape index (κ2) is 5.53. The maximum absolute atomic E-state index is 12.1. The van der Waals surface area contributed by atoms with Crippen LogP contribution in [0.25, 0.3) is 22.0 Å². The molecule has 0 N–H and O–H groups in total. The van der Waals surface area contributed by atoms with Gasteiger partial charge in [-0.2, -0.15) is 0 Å². The third kappa shape index (κ3) is 2.64. The van der Waals surface area contributed by atoms with Crippen LogP contribution in [0.15, 0.2) is 65.2 Å². The fourth-order valence-corrected chi connectivity index (χ4v) is 2.37. The number of esters is 1. The molecule has 0 unspecified atom stereocenters. The van der Waals surface area contributed by atoms with Crippen LogP contribution in [0, 0.1) is 0 Å². The van der Waals surface area contributed by atoms with Gasteiger partial charge < -0.3 is 9.15 Å². The van der Waals surface area contributed by atoms with E-state index in [4.69, 9.17) is 9.15 Å². The Kier molecular flexibility index (Phi) is 3.24. The first-order chi connectivity index (χ1) is 11.3. The number of para-hydroxylation sites is 3. The number of nitrogens with zero attached hydrogens (tertiary/aromatic N) is 2. The predicted octanol–water partition coefficient (Wildman–Crippen LogP) is 3.73. The standard InChI is InChI=1S/C18H12N2O3/c21-18(16-10-19-14-6-2-3-7-15(14)20-16)22-11-13-9-12-5-1-4-8-17(12)23-13/h1-10H,11H2. The minimum absolute atomic E-state index is 0.0576. The summed E-state index contributed by atoms with van der Waals surface area (Å²) in [6.45, 7) is 0.0576. The van der Waals surface area contributed by atoms with E-state index in [-0.39, 0.29) is 12.3 Å². The molecule has 0 aliphatic carbocycles. The molecule has 0 aliphatic rings.